The molecule has 2 aliphatic rings. The molecule has 2 aromatic carbocycles. The predicted octanol–water partition coefficient (Wildman–Crippen LogP) is 2.90. The third-order valence-corrected chi connectivity index (χ3v) is 5.55. The molecule has 0 unspecified atom stereocenters. The summed E-state index contributed by atoms with van der Waals surface area (Å²) in [6, 6.07) is 17.2. The zero-order chi connectivity index (χ0) is 19.6. The zero-order valence-corrected chi connectivity index (χ0v) is 16.1. The van der Waals surface area contributed by atoms with Crippen LogP contribution in [0.25, 0.3) is 0 Å². The highest BCUT2D eigenvalue weighted by atomic mass is 16.5. The predicted molar refractivity (Wildman–Crippen MR) is 110 cm³/mol. The van der Waals surface area contributed by atoms with E-state index in [1.165, 1.54) is 0 Å². The topological polar surface area (TPSA) is 61.9 Å². The number of para-hydroxylation sites is 3. The summed E-state index contributed by atoms with van der Waals surface area (Å²) < 4.78 is 5.43. The molecular formula is C22H25N3O3. The summed E-state index contributed by atoms with van der Waals surface area (Å²) in [4.78, 5) is 30.0. The number of benzene rings is 2. The Bertz CT molecular complexity index is 858. The molecule has 1 aliphatic carbocycles. The van der Waals surface area contributed by atoms with Gasteiger partial charge in [-0.1, -0.05) is 30.3 Å². The molecule has 1 N–H and O–H groups in total. The van der Waals surface area contributed by atoms with E-state index in [1.54, 1.807) is 11.9 Å². The molecule has 146 valence electrons. The molecule has 0 radical (unpaired) electrons. The van der Waals surface area contributed by atoms with Gasteiger partial charge in [-0.15, -0.1) is 0 Å². The molecular weight excluding hydrogens is 354 g/mol. The van der Waals surface area contributed by atoms with Crippen LogP contribution >= 0.6 is 0 Å². The number of hydrogen-bond acceptors (Lipinski definition) is 4. The Morgan fingerprint density at radius 2 is 1.64 bits per heavy atom. The van der Waals surface area contributed by atoms with E-state index in [9.17, 15) is 9.59 Å². The number of rotatable bonds is 5. The lowest BCUT2D eigenvalue weighted by molar-refractivity contribution is -0.132. The number of nitrogens with zero attached hydrogens (tertiary/aromatic N) is 2. The van der Waals surface area contributed by atoms with E-state index in [0.717, 1.165) is 30.2 Å². The summed E-state index contributed by atoms with van der Waals surface area (Å²) in [5.41, 5.74) is 1.54. The Hall–Kier alpha value is -2.86. The largest absolute Gasteiger partial charge is 0.378 e. The molecule has 1 saturated carbocycles. The number of anilines is 3. The van der Waals surface area contributed by atoms with Crippen molar-refractivity contribution in [3.05, 3.63) is 54.6 Å². The molecule has 0 bridgehead atoms. The maximum absolute atomic E-state index is 13.1. The molecule has 6 heteroatoms. The summed E-state index contributed by atoms with van der Waals surface area (Å²) in [5, 5.41) is 3.03. The quantitative estimate of drug-likeness (QED) is 0.812. The van der Waals surface area contributed by atoms with E-state index in [-0.39, 0.29) is 11.8 Å². The van der Waals surface area contributed by atoms with Gasteiger partial charge in [-0.3, -0.25) is 9.59 Å². The highest BCUT2D eigenvalue weighted by Crippen LogP contribution is 2.49. The van der Waals surface area contributed by atoms with Crippen molar-refractivity contribution in [2.24, 2.45) is 5.41 Å². The Balaban J connectivity index is 1.52. The van der Waals surface area contributed by atoms with Gasteiger partial charge in [0.05, 0.1) is 24.6 Å². The second-order valence-corrected chi connectivity index (χ2v) is 7.35. The minimum absolute atomic E-state index is 0.153. The van der Waals surface area contributed by atoms with Crippen molar-refractivity contribution in [3.8, 4) is 0 Å². The number of ether oxygens (including phenoxy) is 1. The van der Waals surface area contributed by atoms with Crippen LogP contribution in [0.4, 0.5) is 17.1 Å². The molecule has 0 aromatic heterocycles. The lowest BCUT2D eigenvalue weighted by atomic mass is 10.0. The van der Waals surface area contributed by atoms with Crippen LogP contribution in [-0.2, 0) is 14.3 Å². The van der Waals surface area contributed by atoms with Crippen LogP contribution in [0.1, 0.15) is 12.8 Å². The Morgan fingerprint density at radius 3 is 2.32 bits per heavy atom. The first-order chi connectivity index (χ1) is 13.6. The highest BCUT2D eigenvalue weighted by molar-refractivity contribution is 6.18. The fourth-order valence-electron chi connectivity index (χ4n) is 3.65. The van der Waals surface area contributed by atoms with Gasteiger partial charge in [0.1, 0.15) is 5.41 Å². The van der Waals surface area contributed by atoms with Gasteiger partial charge in [0, 0.05) is 25.8 Å². The summed E-state index contributed by atoms with van der Waals surface area (Å²) >= 11 is 0. The average Bonchev–Trinajstić information content (AvgIpc) is 3.56. The standard InChI is InChI=1S/C22H25N3O3/c1-24(17-7-3-2-4-8-17)21(27)22(11-12-22)20(26)23-18-9-5-6-10-19(18)25-13-15-28-16-14-25/h2-10H,11-16H2,1H3,(H,23,26). The van der Waals surface area contributed by atoms with Gasteiger partial charge in [-0.05, 0) is 37.1 Å². The average molecular weight is 379 g/mol. The molecule has 2 amide bonds. The van der Waals surface area contributed by atoms with Crippen LogP contribution in [0.5, 0.6) is 0 Å². The van der Waals surface area contributed by atoms with E-state index >= 15 is 0 Å². The lowest BCUT2D eigenvalue weighted by Gasteiger charge is -2.31. The normalized spacial score (nSPS) is 17.7. The fraction of sp³-hybridized carbons (Fsp3) is 0.364. The smallest absolute Gasteiger partial charge is 0.242 e. The number of amides is 2. The Morgan fingerprint density at radius 1 is 1.00 bits per heavy atom. The number of hydrogen-bond donors (Lipinski definition) is 1. The van der Waals surface area contributed by atoms with Crippen molar-refractivity contribution in [2.75, 3.05) is 48.5 Å². The summed E-state index contributed by atoms with van der Waals surface area (Å²) in [6.07, 6.45) is 1.16. The minimum atomic E-state index is -0.970. The highest BCUT2D eigenvalue weighted by Gasteiger charge is 2.57. The molecule has 1 saturated heterocycles. The number of carbonyl (C=O) groups is 2. The maximum Gasteiger partial charge on any atom is 0.242 e. The van der Waals surface area contributed by atoms with Crippen LogP contribution in [0.2, 0.25) is 0 Å². The van der Waals surface area contributed by atoms with Gasteiger partial charge in [0.25, 0.3) is 0 Å². The van der Waals surface area contributed by atoms with Crippen molar-refractivity contribution >= 4 is 28.9 Å². The van der Waals surface area contributed by atoms with E-state index in [0.29, 0.717) is 26.1 Å². The zero-order valence-electron chi connectivity index (χ0n) is 16.1. The molecule has 6 nitrogen and oxygen atoms in total. The fourth-order valence-corrected chi connectivity index (χ4v) is 3.65. The molecule has 2 fully saturated rings. The number of morpholine rings is 1. The lowest BCUT2D eigenvalue weighted by Crippen LogP contribution is -2.41. The second-order valence-electron chi connectivity index (χ2n) is 7.35. The third kappa shape index (κ3) is 3.47. The van der Waals surface area contributed by atoms with E-state index < -0.39 is 5.41 Å². The van der Waals surface area contributed by atoms with Gasteiger partial charge < -0.3 is 19.9 Å². The maximum atomic E-state index is 13.1. The van der Waals surface area contributed by atoms with Crippen molar-refractivity contribution < 1.29 is 14.3 Å². The van der Waals surface area contributed by atoms with Crippen LogP contribution in [0, 0.1) is 5.41 Å². The van der Waals surface area contributed by atoms with Crippen molar-refractivity contribution in [1.29, 1.82) is 0 Å². The van der Waals surface area contributed by atoms with E-state index in [2.05, 4.69) is 10.2 Å². The van der Waals surface area contributed by atoms with E-state index in [1.807, 2.05) is 54.6 Å². The molecule has 4 rings (SSSR count). The van der Waals surface area contributed by atoms with Crippen molar-refractivity contribution in [3.63, 3.8) is 0 Å². The number of carbonyl (C=O) groups excluding carboxylic acids is 2. The first-order valence-corrected chi connectivity index (χ1v) is 9.68. The van der Waals surface area contributed by atoms with Gasteiger partial charge in [-0.2, -0.15) is 0 Å². The summed E-state index contributed by atoms with van der Waals surface area (Å²) in [7, 11) is 1.73. The van der Waals surface area contributed by atoms with Crippen LogP contribution in [0.15, 0.2) is 54.6 Å². The van der Waals surface area contributed by atoms with Crippen LogP contribution in [0.3, 0.4) is 0 Å². The SMILES string of the molecule is CN(C(=O)C1(C(=O)Nc2ccccc2N2CCOCC2)CC1)c1ccccc1. The monoisotopic (exact) mass is 379 g/mol. The van der Waals surface area contributed by atoms with Gasteiger partial charge in [0.2, 0.25) is 11.8 Å². The van der Waals surface area contributed by atoms with E-state index in [4.69, 9.17) is 4.74 Å². The molecule has 0 atom stereocenters. The summed E-state index contributed by atoms with van der Waals surface area (Å²) in [5.74, 6) is -0.374. The molecule has 2 aromatic rings. The van der Waals surface area contributed by atoms with Crippen molar-refractivity contribution in [2.45, 2.75) is 12.8 Å². The van der Waals surface area contributed by atoms with Gasteiger partial charge in [-0.25, -0.2) is 0 Å². The molecule has 1 heterocycles. The minimum Gasteiger partial charge on any atom is -0.378 e. The molecule has 0 spiro atoms. The Kier molecular flexibility index (Phi) is 5.05. The molecule has 28 heavy (non-hydrogen) atoms. The van der Waals surface area contributed by atoms with Crippen LogP contribution < -0.4 is 15.1 Å². The summed E-state index contributed by atoms with van der Waals surface area (Å²) in [6.45, 7) is 2.92. The third-order valence-electron chi connectivity index (χ3n) is 5.55. The second kappa shape index (κ2) is 7.64. The van der Waals surface area contributed by atoms with Gasteiger partial charge >= 0.3 is 0 Å². The van der Waals surface area contributed by atoms with Crippen LogP contribution in [-0.4, -0.2) is 45.2 Å². The van der Waals surface area contributed by atoms with Crippen molar-refractivity contribution in [1.82, 2.24) is 0 Å². The number of nitrogens with one attached hydrogen (secondary N) is 1. The Labute approximate surface area is 165 Å². The first kappa shape index (κ1) is 18.5. The molecule has 1 aliphatic heterocycles. The first-order valence-electron chi connectivity index (χ1n) is 9.68. The van der Waals surface area contributed by atoms with Gasteiger partial charge in [0.15, 0.2) is 0 Å².